The Hall–Kier alpha value is -3.94. The van der Waals surface area contributed by atoms with Gasteiger partial charge in [-0.05, 0) is 0 Å². The van der Waals surface area contributed by atoms with Crippen molar-refractivity contribution in [3.8, 4) is 11.5 Å². The quantitative estimate of drug-likeness (QED) is 0.141. The SMILES string of the molecule is Fc1cc(OCCC(=CC(F)(F)F)OC(=CC(F)(F)F)CCOc2cc(F)c(F)c(C(F)(F)F)c2F)c(F)c(C(F)(F)F)c1F. The number of rotatable bonds is 10. The van der Waals surface area contributed by atoms with Crippen molar-refractivity contribution in [2.24, 2.45) is 0 Å². The molecule has 0 aliphatic carbocycles. The van der Waals surface area contributed by atoms with E-state index in [1.165, 1.54) is 0 Å². The maximum absolute atomic E-state index is 14.1. The Morgan fingerprint density at radius 2 is 0.822 bits per heavy atom. The molecule has 0 unspecified atom stereocenters. The molecule has 0 radical (unpaired) electrons. The molecular weight excluding hydrogens is 678 g/mol. The van der Waals surface area contributed by atoms with Crippen LogP contribution in [-0.4, -0.2) is 25.6 Å². The highest BCUT2D eigenvalue weighted by atomic mass is 19.4. The van der Waals surface area contributed by atoms with Crippen LogP contribution in [0.25, 0.3) is 0 Å². The van der Waals surface area contributed by atoms with Gasteiger partial charge in [0, 0.05) is 25.0 Å². The van der Waals surface area contributed by atoms with Gasteiger partial charge in [-0.15, -0.1) is 0 Å². The Kier molecular flexibility index (Phi) is 11.2. The number of ether oxygens (including phenoxy) is 3. The van der Waals surface area contributed by atoms with E-state index in [1.807, 2.05) is 0 Å². The summed E-state index contributed by atoms with van der Waals surface area (Å²) < 4.78 is 250. The van der Waals surface area contributed by atoms with Crippen LogP contribution in [0.2, 0.25) is 0 Å². The van der Waals surface area contributed by atoms with E-state index in [0.29, 0.717) is 0 Å². The van der Waals surface area contributed by atoms with E-state index in [4.69, 9.17) is 0 Å². The summed E-state index contributed by atoms with van der Waals surface area (Å²) in [6, 6.07) is -0.496. The van der Waals surface area contributed by atoms with Crippen LogP contribution in [-0.2, 0) is 17.1 Å². The molecule has 0 aliphatic heterocycles. The molecule has 45 heavy (non-hydrogen) atoms. The van der Waals surface area contributed by atoms with Crippen LogP contribution < -0.4 is 9.47 Å². The highest BCUT2D eigenvalue weighted by molar-refractivity contribution is 5.36. The van der Waals surface area contributed by atoms with Gasteiger partial charge in [0.15, 0.2) is 46.4 Å². The van der Waals surface area contributed by atoms with Crippen molar-refractivity contribution in [3.63, 3.8) is 0 Å². The van der Waals surface area contributed by atoms with Gasteiger partial charge in [-0.2, -0.15) is 52.7 Å². The predicted molar refractivity (Wildman–Crippen MR) is 112 cm³/mol. The summed E-state index contributed by atoms with van der Waals surface area (Å²) in [7, 11) is 0. The molecule has 0 spiro atoms. The Morgan fingerprint density at radius 1 is 0.511 bits per heavy atom. The number of allylic oxidation sites excluding steroid dienone is 2. The molecule has 0 saturated carbocycles. The monoisotopic (exact) mass is 690 g/mol. The first kappa shape index (κ1) is 37.2. The van der Waals surface area contributed by atoms with Crippen molar-refractivity contribution in [2.45, 2.75) is 37.5 Å². The van der Waals surface area contributed by atoms with Crippen LogP contribution in [0.4, 0.5) is 79.0 Å². The molecule has 0 amide bonds. The summed E-state index contributed by atoms with van der Waals surface area (Å²) in [6.45, 7) is -2.73. The zero-order valence-electron chi connectivity index (χ0n) is 21.2. The van der Waals surface area contributed by atoms with E-state index in [2.05, 4.69) is 14.2 Å². The third-order valence-electron chi connectivity index (χ3n) is 4.94. The number of hydrogen-bond acceptors (Lipinski definition) is 3. The number of benzene rings is 2. The molecule has 0 heterocycles. The smallest absolute Gasteiger partial charge is 0.422 e. The molecule has 0 N–H and O–H groups in total. The Balaban J connectivity index is 2.30. The third kappa shape index (κ3) is 10.6. The highest BCUT2D eigenvalue weighted by Gasteiger charge is 2.42. The van der Waals surface area contributed by atoms with Gasteiger partial charge in [0.1, 0.15) is 22.6 Å². The molecule has 2 aromatic rings. The van der Waals surface area contributed by atoms with E-state index in [1.54, 1.807) is 0 Å². The number of halogens is 18. The lowest BCUT2D eigenvalue weighted by molar-refractivity contribution is -0.143. The second-order valence-electron chi connectivity index (χ2n) is 8.32. The zero-order valence-corrected chi connectivity index (χ0v) is 21.2. The molecule has 0 fully saturated rings. The second-order valence-corrected chi connectivity index (χ2v) is 8.32. The highest BCUT2D eigenvalue weighted by Crippen LogP contribution is 2.39. The fourth-order valence-corrected chi connectivity index (χ4v) is 3.23. The largest absolute Gasteiger partial charge is 0.490 e. The number of alkyl halides is 12. The van der Waals surface area contributed by atoms with Crippen LogP contribution in [0.5, 0.6) is 11.5 Å². The summed E-state index contributed by atoms with van der Waals surface area (Å²) in [6.07, 6.45) is -26.7. The van der Waals surface area contributed by atoms with Gasteiger partial charge < -0.3 is 14.2 Å². The van der Waals surface area contributed by atoms with Crippen LogP contribution in [0.15, 0.2) is 35.8 Å². The van der Waals surface area contributed by atoms with Crippen molar-refractivity contribution in [1.29, 1.82) is 0 Å². The van der Waals surface area contributed by atoms with Crippen molar-refractivity contribution in [3.05, 3.63) is 81.8 Å². The standard InChI is InChI=1S/C24H12F18O3/c25-11-5-13(19(29)15(17(11)27)23(37,38)39)43-3-1-9(7-21(31,32)33)45-10(8-22(34,35)36)2-4-44-14-6-12(26)18(28)16(20(14)30)24(40,41)42/h5-8H,1-4H2. The van der Waals surface area contributed by atoms with E-state index in [0.717, 1.165) is 0 Å². The van der Waals surface area contributed by atoms with Gasteiger partial charge in [0.25, 0.3) is 0 Å². The van der Waals surface area contributed by atoms with Gasteiger partial charge in [0.05, 0.1) is 25.4 Å². The Bertz CT molecular complexity index is 1320. The van der Waals surface area contributed by atoms with Crippen molar-refractivity contribution in [1.82, 2.24) is 0 Å². The molecule has 3 nitrogen and oxygen atoms in total. The lowest BCUT2D eigenvalue weighted by atomic mass is 10.1. The average Bonchev–Trinajstić information content (AvgIpc) is 2.81. The normalized spacial score (nSPS) is 13.7. The number of hydrogen-bond donors (Lipinski definition) is 0. The van der Waals surface area contributed by atoms with Crippen LogP contribution in [0, 0.1) is 34.9 Å². The van der Waals surface area contributed by atoms with Gasteiger partial charge in [-0.25, -0.2) is 26.3 Å². The average molecular weight is 690 g/mol. The molecule has 252 valence electrons. The van der Waals surface area contributed by atoms with Crippen molar-refractivity contribution in [2.75, 3.05) is 13.2 Å². The minimum Gasteiger partial charge on any atom is -0.490 e. The predicted octanol–water partition coefficient (Wildman–Crippen LogP) is 9.71. The molecule has 2 aromatic carbocycles. The van der Waals surface area contributed by atoms with Gasteiger partial charge in [0.2, 0.25) is 0 Å². The van der Waals surface area contributed by atoms with Gasteiger partial charge >= 0.3 is 24.7 Å². The molecule has 0 saturated heterocycles. The first-order chi connectivity index (χ1) is 20.3. The van der Waals surface area contributed by atoms with Crippen molar-refractivity contribution < 1.29 is 93.2 Å². The van der Waals surface area contributed by atoms with E-state index < -0.39 is 132 Å². The molecule has 0 aliphatic rings. The first-order valence-electron chi connectivity index (χ1n) is 11.3. The maximum atomic E-state index is 14.1. The van der Waals surface area contributed by atoms with Crippen LogP contribution in [0.3, 0.4) is 0 Å². The van der Waals surface area contributed by atoms with Crippen LogP contribution in [0.1, 0.15) is 24.0 Å². The fourth-order valence-electron chi connectivity index (χ4n) is 3.23. The topological polar surface area (TPSA) is 27.7 Å². The fraction of sp³-hybridized carbons (Fsp3) is 0.333. The maximum Gasteiger partial charge on any atom is 0.422 e. The summed E-state index contributed by atoms with van der Waals surface area (Å²) in [5.41, 5.74) is -5.54. The molecule has 0 bridgehead atoms. The Morgan fingerprint density at radius 3 is 1.09 bits per heavy atom. The zero-order chi connectivity index (χ0) is 34.7. The lowest BCUT2D eigenvalue weighted by Crippen LogP contribution is -2.16. The van der Waals surface area contributed by atoms with Gasteiger partial charge in [-0.3, -0.25) is 0 Å². The van der Waals surface area contributed by atoms with Gasteiger partial charge in [-0.1, -0.05) is 0 Å². The first-order valence-corrected chi connectivity index (χ1v) is 11.3. The lowest BCUT2D eigenvalue weighted by Gasteiger charge is -2.18. The summed E-state index contributed by atoms with van der Waals surface area (Å²) in [5.74, 6) is -21.4. The Labute approximate surface area is 238 Å². The summed E-state index contributed by atoms with van der Waals surface area (Å²) in [5, 5.41) is 0. The molecule has 0 atom stereocenters. The van der Waals surface area contributed by atoms with E-state index in [-0.39, 0.29) is 12.1 Å². The molecular formula is C24H12F18O3. The minimum atomic E-state index is -5.81. The van der Waals surface area contributed by atoms with E-state index >= 15 is 0 Å². The summed E-state index contributed by atoms with van der Waals surface area (Å²) in [4.78, 5) is 0. The molecule has 2 rings (SSSR count). The van der Waals surface area contributed by atoms with Crippen molar-refractivity contribution >= 4 is 0 Å². The third-order valence-corrected chi connectivity index (χ3v) is 4.94. The summed E-state index contributed by atoms with van der Waals surface area (Å²) >= 11 is 0. The van der Waals surface area contributed by atoms with Crippen LogP contribution >= 0.6 is 0 Å². The minimum absolute atomic E-state index is 0.248. The van der Waals surface area contributed by atoms with E-state index in [9.17, 15) is 79.0 Å². The molecule has 21 heteroatoms. The molecule has 0 aromatic heterocycles. The second kappa shape index (κ2) is 13.6.